The molecule has 2 unspecified atom stereocenters. The average molecular weight is 363 g/mol. The Kier molecular flexibility index (Phi) is 3.53. The number of anilines is 2. The van der Waals surface area contributed by atoms with Gasteiger partial charge in [-0.1, -0.05) is 0 Å². The van der Waals surface area contributed by atoms with Crippen molar-refractivity contribution in [2.45, 2.75) is 18.5 Å². The molecule has 3 aliphatic heterocycles. The van der Waals surface area contributed by atoms with Crippen molar-refractivity contribution in [3.8, 4) is 0 Å². The van der Waals surface area contributed by atoms with Crippen LogP contribution in [0.15, 0.2) is 42.7 Å². The third kappa shape index (κ3) is 2.59. The Morgan fingerprint density at radius 1 is 1.07 bits per heavy atom. The third-order valence-corrected chi connectivity index (χ3v) is 5.53. The van der Waals surface area contributed by atoms with E-state index >= 15 is 0 Å². The maximum Gasteiger partial charge on any atom is 0.254 e. The van der Waals surface area contributed by atoms with Crippen molar-refractivity contribution in [1.29, 1.82) is 0 Å². The maximum absolute atomic E-state index is 13.0. The highest BCUT2D eigenvalue weighted by Gasteiger charge is 2.47. The van der Waals surface area contributed by atoms with Crippen molar-refractivity contribution in [3.63, 3.8) is 0 Å². The van der Waals surface area contributed by atoms with E-state index in [1.807, 2.05) is 60.3 Å². The van der Waals surface area contributed by atoms with Crippen molar-refractivity contribution < 1.29 is 4.79 Å². The molecule has 3 aliphatic rings. The molecule has 27 heavy (non-hydrogen) atoms. The molecule has 0 saturated carbocycles. The first-order valence-electron chi connectivity index (χ1n) is 9.12. The quantitative estimate of drug-likeness (QED) is 0.699. The minimum Gasteiger partial charge on any atom is -0.378 e. The highest BCUT2D eigenvalue weighted by molar-refractivity contribution is 5.95. The van der Waals surface area contributed by atoms with Gasteiger partial charge in [-0.05, 0) is 42.8 Å². The largest absolute Gasteiger partial charge is 0.378 e. The highest BCUT2D eigenvalue weighted by atomic mass is 16.2. The summed E-state index contributed by atoms with van der Waals surface area (Å²) < 4.78 is 1.69. The number of piperidine rings is 1. The van der Waals surface area contributed by atoms with E-state index < -0.39 is 0 Å². The smallest absolute Gasteiger partial charge is 0.254 e. The molecule has 2 aromatic heterocycles. The number of hydrogen-bond acceptors (Lipinski definition) is 6. The van der Waals surface area contributed by atoms with Gasteiger partial charge in [-0.2, -0.15) is 4.52 Å². The predicted octanol–water partition coefficient (Wildman–Crippen LogP) is 1.29. The Morgan fingerprint density at radius 3 is 2.52 bits per heavy atom. The SMILES string of the molecule is CN(C)c1ccc(C(=O)N2C3CC2CN(c2ccc4nncn4n2)C3)cc1. The minimum atomic E-state index is 0.128. The number of amides is 1. The fourth-order valence-corrected chi connectivity index (χ4v) is 4.07. The van der Waals surface area contributed by atoms with Crippen LogP contribution in [0, 0.1) is 0 Å². The Hall–Kier alpha value is -3.16. The molecule has 3 saturated heterocycles. The van der Waals surface area contributed by atoms with E-state index in [0.717, 1.165) is 42.2 Å². The van der Waals surface area contributed by atoms with Gasteiger partial charge in [-0.25, -0.2) is 0 Å². The molecule has 1 amide bonds. The van der Waals surface area contributed by atoms with Gasteiger partial charge in [0.15, 0.2) is 5.65 Å². The van der Waals surface area contributed by atoms with E-state index in [4.69, 9.17) is 0 Å². The molecule has 2 bridgehead atoms. The first-order chi connectivity index (χ1) is 13.1. The standard InChI is InChI=1S/C19H21N7O/c1-23(2)14-5-3-13(4-6-14)19(27)26-15-9-16(26)11-24(10-15)18-8-7-17-21-20-12-25(17)22-18/h3-8,12,15-16H,9-11H2,1-2H3. The van der Waals surface area contributed by atoms with Crippen molar-refractivity contribution in [2.24, 2.45) is 0 Å². The summed E-state index contributed by atoms with van der Waals surface area (Å²) in [6, 6.07) is 12.2. The van der Waals surface area contributed by atoms with Crippen LogP contribution in [-0.2, 0) is 0 Å². The maximum atomic E-state index is 13.0. The molecule has 0 N–H and O–H groups in total. The lowest BCUT2D eigenvalue weighted by Gasteiger charge is -2.56. The van der Waals surface area contributed by atoms with Crippen LogP contribution < -0.4 is 9.80 Å². The van der Waals surface area contributed by atoms with Crippen molar-refractivity contribution >= 4 is 23.1 Å². The van der Waals surface area contributed by atoms with E-state index in [1.165, 1.54) is 0 Å². The molecule has 1 aromatic carbocycles. The zero-order valence-corrected chi connectivity index (χ0v) is 15.4. The van der Waals surface area contributed by atoms with Crippen LogP contribution in [0.4, 0.5) is 11.5 Å². The fraction of sp³-hybridized carbons (Fsp3) is 0.368. The molecule has 2 atom stereocenters. The Bertz CT molecular complexity index is 985. The summed E-state index contributed by atoms with van der Waals surface area (Å²) in [6.07, 6.45) is 2.67. The normalized spacial score (nSPS) is 21.3. The molecular weight excluding hydrogens is 342 g/mol. The second-order valence-electron chi connectivity index (χ2n) is 7.43. The van der Waals surface area contributed by atoms with Gasteiger partial charge in [0.25, 0.3) is 5.91 Å². The van der Waals surface area contributed by atoms with Gasteiger partial charge in [-0.3, -0.25) is 4.79 Å². The molecule has 138 valence electrons. The average Bonchev–Trinajstić information content (AvgIpc) is 3.16. The molecule has 8 heteroatoms. The van der Waals surface area contributed by atoms with Crippen LogP contribution in [0.1, 0.15) is 16.8 Å². The molecule has 5 heterocycles. The lowest BCUT2D eigenvalue weighted by molar-refractivity contribution is 0.00573. The summed E-state index contributed by atoms with van der Waals surface area (Å²) in [7, 11) is 3.99. The van der Waals surface area contributed by atoms with Crippen molar-refractivity contribution in [1.82, 2.24) is 24.7 Å². The lowest BCUT2D eigenvalue weighted by Crippen LogP contribution is -2.70. The van der Waals surface area contributed by atoms with E-state index in [2.05, 4.69) is 20.2 Å². The van der Waals surface area contributed by atoms with Gasteiger partial charge in [0.1, 0.15) is 12.1 Å². The first kappa shape index (κ1) is 16.0. The number of fused-ring (bicyclic) bond motifs is 3. The minimum absolute atomic E-state index is 0.128. The molecule has 3 fully saturated rings. The number of carbonyl (C=O) groups excluding carboxylic acids is 1. The van der Waals surface area contributed by atoms with Crippen LogP contribution in [0.3, 0.4) is 0 Å². The predicted molar refractivity (Wildman–Crippen MR) is 102 cm³/mol. The number of aromatic nitrogens is 4. The summed E-state index contributed by atoms with van der Waals surface area (Å²) in [5.74, 6) is 1.03. The Balaban J connectivity index is 1.31. The van der Waals surface area contributed by atoms with Gasteiger partial charge in [0.05, 0.1) is 12.1 Å². The van der Waals surface area contributed by atoms with Crippen LogP contribution >= 0.6 is 0 Å². The monoisotopic (exact) mass is 363 g/mol. The number of rotatable bonds is 3. The lowest BCUT2D eigenvalue weighted by atomic mass is 9.86. The Morgan fingerprint density at radius 2 is 1.81 bits per heavy atom. The fourth-order valence-electron chi connectivity index (χ4n) is 4.07. The van der Waals surface area contributed by atoms with Gasteiger partial charge in [-0.15, -0.1) is 15.3 Å². The topological polar surface area (TPSA) is 69.9 Å². The van der Waals surface area contributed by atoms with Crippen LogP contribution in [-0.4, -0.2) is 69.9 Å². The van der Waals surface area contributed by atoms with Gasteiger partial charge >= 0.3 is 0 Å². The van der Waals surface area contributed by atoms with Gasteiger partial charge in [0.2, 0.25) is 0 Å². The molecule has 0 radical (unpaired) electrons. The van der Waals surface area contributed by atoms with Gasteiger partial charge in [0, 0.05) is 38.4 Å². The first-order valence-corrected chi connectivity index (χ1v) is 9.12. The van der Waals surface area contributed by atoms with E-state index in [9.17, 15) is 4.79 Å². The number of carbonyl (C=O) groups is 1. The molecule has 3 aromatic rings. The van der Waals surface area contributed by atoms with Crippen molar-refractivity contribution in [2.75, 3.05) is 37.0 Å². The van der Waals surface area contributed by atoms with Crippen LogP contribution in [0.25, 0.3) is 5.65 Å². The summed E-state index contributed by atoms with van der Waals surface area (Å²) >= 11 is 0. The second kappa shape index (κ2) is 5.94. The number of hydrogen-bond donors (Lipinski definition) is 0. The summed E-state index contributed by atoms with van der Waals surface area (Å²) in [4.78, 5) is 19.3. The summed E-state index contributed by atoms with van der Waals surface area (Å²) in [6.45, 7) is 1.61. The zero-order valence-electron chi connectivity index (χ0n) is 15.4. The summed E-state index contributed by atoms with van der Waals surface area (Å²) in [5, 5.41) is 12.4. The van der Waals surface area contributed by atoms with Gasteiger partial charge < -0.3 is 14.7 Å². The van der Waals surface area contributed by atoms with E-state index in [1.54, 1.807) is 10.8 Å². The van der Waals surface area contributed by atoms with E-state index in [-0.39, 0.29) is 18.0 Å². The van der Waals surface area contributed by atoms with Crippen LogP contribution in [0.5, 0.6) is 0 Å². The third-order valence-electron chi connectivity index (χ3n) is 5.53. The van der Waals surface area contributed by atoms with E-state index in [0.29, 0.717) is 0 Å². The second-order valence-corrected chi connectivity index (χ2v) is 7.43. The molecule has 0 aliphatic carbocycles. The van der Waals surface area contributed by atoms with Crippen molar-refractivity contribution in [3.05, 3.63) is 48.3 Å². The summed E-state index contributed by atoms with van der Waals surface area (Å²) in [5.41, 5.74) is 2.59. The molecule has 6 rings (SSSR count). The number of piperazine rings is 1. The molecular formula is C19H21N7O. The van der Waals surface area contributed by atoms with Crippen LogP contribution in [0.2, 0.25) is 0 Å². The number of nitrogens with zero attached hydrogens (tertiary/aromatic N) is 7. The number of benzene rings is 1. The molecule has 0 spiro atoms. The molecule has 8 nitrogen and oxygen atoms in total. The Labute approximate surface area is 157 Å². The highest BCUT2D eigenvalue weighted by Crippen LogP contribution is 2.35. The zero-order chi connectivity index (χ0) is 18.5.